The molecule has 0 unspecified atom stereocenters. The topological polar surface area (TPSA) is 8.17 Å². The van der Waals surface area contributed by atoms with Crippen molar-refractivity contribution >= 4 is 60.3 Å². The fraction of sp³-hybridized carbons (Fsp3) is 0.0580. The predicted molar refractivity (Wildman–Crippen MR) is 310 cm³/mol. The molecule has 0 aliphatic carbocycles. The molecule has 0 saturated heterocycles. The van der Waals surface area contributed by atoms with Crippen molar-refractivity contribution < 1.29 is 0 Å². The molecule has 0 fully saturated rings. The normalized spacial score (nSPS) is 11.3. The highest BCUT2D eigenvalue weighted by molar-refractivity contribution is 6.19. The van der Waals surface area contributed by atoms with Crippen LogP contribution in [0.1, 0.15) is 24.5 Å². The Balaban J connectivity index is 0.000000509. The van der Waals surface area contributed by atoms with Gasteiger partial charge in [-0.3, -0.25) is 0 Å². The van der Waals surface area contributed by atoms with Crippen LogP contribution < -0.4 is 4.90 Å². The number of anilines is 3. The highest BCUT2D eigenvalue weighted by Gasteiger charge is 2.20. The second-order valence-corrected chi connectivity index (χ2v) is 17.4. The molecule has 0 bridgehead atoms. The van der Waals surface area contributed by atoms with Crippen LogP contribution in [0, 0.1) is 6.92 Å². The maximum atomic E-state index is 3.81. The summed E-state index contributed by atoms with van der Waals surface area (Å²) in [5.74, 6) is 0. The minimum absolute atomic E-state index is 0.836. The zero-order valence-electron chi connectivity index (χ0n) is 40.7. The summed E-state index contributed by atoms with van der Waals surface area (Å²) in [5, 5.41) is 8.77. The number of benzene rings is 9. The minimum Gasteiger partial charge on any atom is -0.316 e. The molecule has 0 radical (unpaired) electrons. The number of aryl methyl sites for hydroxylation is 1. The van der Waals surface area contributed by atoms with Gasteiger partial charge in [-0.1, -0.05) is 208 Å². The van der Waals surface area contributed by atoms with Crippen molar-refractivity contribution in [2.24, 2.45) is 0 Å². The molecule has 0 amide bonds. The smallest absolute Gasteiger partial charge is 0.0540 e. The van der Waals surface area contributed by atoms with Crippen molar-refractivity contribution in [1.82, 2.24) is 4.57 Å². The van der Waals surface area contributed by atoms with E-state index in [1.165, 1.54) is 76.6 Å². The molecule has 2 heteroatoms. The lowest BCUT2D eigenvalue weighted by atomic mass is 9.85. The lowest BCUT2D eigenvalue weighted by molar-refractivity contribution is 1.12. The van der Waals surface area contributed by atoms with E-state index in [4.69, 9.17) is 0 Å². The van der Waals surface area contributed by atoms with Gasteiger partial charge in [-0.2, -0.15) is 0 Å². The standard InChI is InChI=1S/C58H44N2.C11H14/c1-3-4-5-6-13-24-47-48-25-14-16-27-52(48)58(53-28-17-15-26-49(47)53)54-31-18-30-51-50(54)29-19-32-57(51)60(45-22-11-8-12-23-45)46-36-34-44(35-37-46)59-40-41(2)55-39-43(33-38-56(55)59)42-20-9-7-10-21-42;1-4-7-9-11(6-3)10-8-5-2/h3-23,25-40H,1,24H2,2H3;4-8H,1,3,10H2,2H3/b5-4-,13-6-;8-5-. The van der Waals surface area contributed by atoms with Crippen molar-refractivity contribution in [1.29, 1.82) is 0 Å². The molecule has 344 valence electrons. The van der Waals surface area contributed by atoms with Gasteiger partial charge in [-0.05, 0) is 153 Å². The third-order valence-corrected chi connectivity index (χ3v) is 13.0. The summed E-state index contributed by atoms with van der Waals surface area (Å²) in [6.07, 6.45) is 23.5. The van der Waals surface area contributed by atoms with Gasteiger partial charge < -0.3 is 9.47 Å². The van der Waals surface area contributed by atoms with Crippen LogP contribution in [0.2, 0.25) is 0 Å². The number of hydrogen-bond acceptors (Lipinski definition) is 1. The molecule has 0 aliphatic heterocycles. The first-order chi connectivity index (χ1) is 35.0. The first-order valence-electron chi connectivity index (χ1n) is 24.3. The number of nitrogens with zero attached hydrogens (tertiary/aromatic N) is 2. The summed E-state index contributed by atoms with van der Waals surface area (Å²) in [6.45, 7) is 15.3. The number of hydrogen-bond donors (Lipinski definition) is 0. The Morgan fingerprint density at radius 2 is 1.18 bits per heavy atom. The van der Waals surface area contributed by atoms with E-state index in [0.29, 0.717) is 0 Å². The van der Waals surface area contributed by atoms with Crippen LogP contribution in [0.25, 0.3) is 71.2 Å². The van der Waals surface area contributed by atoms with Crippen molar-refractivity contribution in [3.63, 3.8) is 0 Å². The van der Waals surface area contributed by atoms with Crippen LogP contribution in [0.15, 0.2) is 286 Å². The molecule has 10 rings (SSSR count). The van der Waals surface area contributed by atoms with E-state index < -0.39 is 0 Å². The van der Waals surface area contributed by atoms with E-state index in [-0.39, 0.29) is 0 Å². The Bertz CT molecular complexity index is 3630. The Morgan fingerprint density at radius 1 is 0.549 bits per heavy atom. The van der Waals surface area contributed by atoms with Crippen LogP contribution in [0.3, 0.4) is 0 Å². The SMILES string of the molecule is C=C/C=C\C=C/Cc1c2ccccc2c(-c2cccc3c(N(c4ccccc4)c4ccc(-n5cc(C)c6cc(-c7ccccc7)ccc65)cc4)cccc23)c2ccccc12.C=CC=C=C(C=C)C/C=C\C. The van der Waals surface area contributed by atoms with E-state index >= 15 is 0 Å². The maximum Gasteiger partial charge on any atom is 0.0540 e. The van der Waals surface area contributed by atoms with E-state index in [1.54, 1.807) is 18.2 Å². The molecule has 2 nitrogen and oxygen atoms in total. The van der Waals surface area contributed by atoms with Gasteiger partial charge >= 0.3 is 0 Å². The maximum absolute atomic E-state index is 3.81. The van der Waals surface area contributed by atoms with Crippen molar-refractivity contribution in [2.45, 2.75) is 26.7 Å². The minimum atomic E-state index is 0.836. The van der Waals surface area contributed by atoms with Crippen LogP contribution in [-0.4, -0.2) is 4.57 Å². The number of rotatable bonds is 14. The van der Waals surface area contributed by atoms with Crippen LogP contribution in [0.5, 0.6) is 0 Å². The molecule has 1 heterocycles. The fourth-order valence-electron chi connectivity index (χ4n) is 9.64. The first-order valence-corrected chi connectivity index (χ1v) is 24.3. The summed E-state index contributed by atoms with van der Waals surface area (Å²) in [4.78, 5) is 2.40. The van der Waals surface area contributed by atoms with Crippen LogP contribution in [-0.2, 0) is 6.42 Å². The van der Waals surface area contributed by atoms with Crippen molar-refractivity contribution in [3.8, 4) is 27.9 Å². The molecule has 0 atom stereocenters. The number of allylic oxidation sites excluding steroid dienone is 10. The van der Waals surface area contributed by atoms with Crippen molar-refractivity contribution in [3.05, 3.63) is 297 Å². The van der Waals surface area contributed by atoms with Gasteiger partial charge in [0.05, 0.1) is 11.2 Å². The molecule has 0 saturated carbocycles. The second kappa shape index (κ2) is 22.4. The molecular weight excluding hydrogens is 857 g/mol. The van der Waals surface area contributed by atoms with Crippen LogP contribution >= 0.6 is 0 Å². The monoisotopic (exact) mass is 914 g/mol. The summed E-state index contributed by atoms with van der Waals surface area (Å²) >= 11 is 0. The summed E-state index contributed by atoms with van der Waals surface area (Å²) < 4.78 is 2.32. The largest absolute Gasteiger partial charge is 0.316 e. The lowest BCUT2D eigenvalue weighted by Gasteiger charge is -2.27. The van der Waals surface area contributed by atoms with Gasteiger partial charge in [-0.25, -0.2) is 0 Å². The lowest BCUT2D eigenvalue weighted by Crippen LogP contribution is -2.10. The molecule has 1 aromatic heterocycles. The van der Waals surface area contributed by atoms with Crippen LogP contribution in [0.4, 0.5) is 17.1 Å². The average molecular weight is 915 g/mol. The summed E-state index contributed by atoms with van der Waals surface area (Å²) in [6, 6.07) is 68.5. The quantitative estimate of drug-likeness (QED) is 0.0457. The van der Waals surface area contributed by atoms with E-state index in [2.05, 4.69) is 254 Å². The van der Waals surface area contributed by atoms with Crippen molar-refractivity contribution in [2.75, 3.05) is 4.90 Å². The third-order valence-electron chi connectivity index (χ3n) is 13.0. The fourth-order valence-corrected chi connectivity index (χ4v) is 9.64. The highest BCUT2D eigenvalue weighted by atomic mass is 15.1. The van der Waals surface area contributed by atoms with Gasteiger partial charge in [0.2, 0.25) is 0 Å². The Labute approximate surface area is 419 Å². The van der Waals surface area contributed by atoms with E-state index in [0.717, 1.165) is 41.2 Å². The Kier molecular flexibility index (Phi) is 14.9. The summed E-state index contributed by atoms with van der Waals surface area (Å²) in [7, 11) is 0. The van der Waals surface area contributed by atoms with E-state index in [1.807, 2.05) is 31.2 Å². The zero-order valence-corrected chi connectivity index (χ0v) is 40.7. The Hall–Kier alpha value is -8.94. The van der Waals surface area contributed by atoms with Gasteiger partial charge in [0.25, 0.3) is 0 Å². The highest BCUT2D eigenvalue weighted by Crippen LogP contribution is 2.45. The first kappa shape index (κ1) is 47.1. The zero-order chi connectivity index (χ0) is 48.9. The van der Waals surface area contributed by atoms with E-state index in [9.17, 15) is 0 Å². The number of para-hydroxylation sites is 1. The predicted octanol–water partition coefficient (Wildman–Crippen LogP) is 19.4. The molecule has 71 heavy (non-hydrogen) atoms. The summed E-state index contributed by atoms with van der Waals surface area (Å²) in [5.41, 5.74) is 17.4. The third kappa shape index (κ3) is 10.1. The van der Waals surface area contributed by atoms with Gasteiger partial charge in [0.1, 0.15) is 0 Å². The average Bonchev–Trinajstić information content (AvgIpc) is 3.76. The van der Waals surface area contributed by atoms with Gasteiger partial charge in [0.15, 0.2) is 0 Å². The molecule has 9 aromatic carbocycles. The molecule has 10 aromatic rings. The molecular formula is C69H58N2. The number of fused-ring (bicyclic) bond motifs is 4. The van der Waals surface area contributed by atoms with Gasteiger partial charge in [-0.15, -0.1) is 5.73 Å². The molecule has 0 spiro atoms. The molecule has 0 aliphatic rings. The van der Waals surface area contributed by atoms with Gasteiger partial charge in [0, 0.05) is 34.0 Å². The Morgan fingerprint density at radius 3 is 1.86 bits per heavy atom. The molecule has 0 N–H and O–H groups in total. The second-order valence-electron chi connectivity index (χ2n) is 17.4. The number of aromatic nitrogens is 1.